The average molecular weight is 356 g/mol. The van der Waals surface area contributed by atoms with Gasteiger partial charge in [-0.25, -0.2) is 18.1 Å². The Balaban J connectivity index is 1.79. The molecular formula is C19H20N2O3S. The van der Waals surface area contributed by atoms with E-state index in [4.69, 9.17) is 4.42 Å². The highest BCUT2D eigenvalue weighted by Crippen LogP contribution is 2.25. The van der Waals surface area contributed by atoms with E-state index >= 15 is 0 Å². The SMILES string of the molecule is Cc1ncc(-c2ccc(C)c(S(=O)(=O)NCCc3ccccc3)c2)o1. The zero-order valence-corrected chi connectivity index (χ0v) is 15.0. The summed E-state index contributed by atoms with van der Waals surface area (Å²) in [6, 6.07) is 15.0. The monoisotopic (exact) mass is 356 g/mol. The van der Waals surface area contributed by atoms with Crippen molar-refractivity contribution in [2.75, 3.05) is 6.54 Å². The standard InChI is InChI=1S/C19H20N2O3S/c1-14-8-9-17(18-13-20-15(2)24-18)12-19(14)25(22,23)21-11-10-16-6-4-3-5-7-16/h3-9,12-13,21H,10-11H2,1-2H3. The van der Waals surface area contributed by atoms with Gasteiger partial charge in [-0.2, -0.15) is 0 Å². The van der Waals surface area contributed by atoms with Crippen molar-refractivity contribution in [3.63, 3.8) is 0 Å². The fourth-order valence-corrected chi connectivity index (χ4v) is 3.89. The smallest absolute Gasteiger partial charge is 0.240 e. The number of sulfonamides is 1. The first kappa shape index (κ1) is 17.4. The van der Waals surface area contributed by atoms with Crippen molar-refractivity contribution >= 4 is 10.0 Å². The van der Waals surface area contributed by atoms with Crippen molar-refractivity contribution < 1.29 is 12.8 Å². The first-order valence-corrected chi connectivity index (χ1v) is 9.51. The number of nitrogens with one attached hydrogen (secondary N) is 1. The molecule has 0 aliphatic rings. The molecule has 0 aliphatic carbocycles. The molecule has 25 heavy (non-hydrogen) atoms. The van der Waals surface area contributed by atoms with Crippen molar-refractivity contribution in [1.29, 1.82) is 0 Å². The minimum Gasteiger partial charge on any atom is -0.441 e. The number of benzene rings is 2. The maximum Gasteiger partial charge on any atom is 0.240 e. The van der Waals surface area contributed by atoms with Crippen LogP contribution in [0.2, 0.25) is 0 Å². The number of hydrogen-bond donors (Lipinski definition) is 1. The first-order valence-electron chi connectivity index (χ1n) is 8.03. The summed E-state index contributed by atoms with van der Waals surface area (Å²) in [5.74, 6) is 1.10. The Kier molecular flexibility index (Phi) is 5.01. The van der Waals surface area contributed by atoms with Gasteiger partial charge in [-0.1, -0.05) is 42.5 Å². The van der Waals surface area contributed by atoms with Crippen LogP contribution in [0.5, 0.6) is 0 Å². The van der Waals surface area contributed by atoms with Crippen LogP contribution in [0.4, 0.5) is 0 Å². The molecule has 1 heterocycles. The van der Waals surface area contributed by atoms with Gasteiger partial charge in [0.05, 0.1) is 11.1 Å². The Morgan fingerprint density at radius 2 is 1.84 bits per heavy atom. The molecule has 5 nitrogen and oxygen atoms in total. The molecule has 0 saturated carbocycles. The molecule has 0 bridgehead atoms. The summed E-state index contributed by atoms with van der Waals surface area (Å²) in [4.78, 5) is 4.32. The molecule has 2 aromatic carbocycles. The maximum atomic E-state index is 12.7. The predicted octanol–water partition coefficient (Wildman–Crippen LogP) is 3.48. The summed E-state index contributed by atoms with van der Waals surface area (Å²) >= 11 is 0. The minimum atomic E-state index is -3.60. The van der Waals surface area contributed by atoms with E-state index in [-0.39, 0.29) is 4.90 Å². The Bertz CT molecular complexity index is 963. The Hall–Kier alpha value is -2.44. The summed E-state index contributed by atoms with van der Waals surface area (Å²) in [5, 5.41) is 0. The zero-order valence-electron chi connectivity index (χ0n) is 14.2. The molecule has 130 valence electrons. The average Bonchev–Trinajstić information content (AvgIpc) is 3.02. The fourth-order valence-electron chi connectivity index (χ4n) is 2.59. The third-order valence-corrected chi connectivity index (χ3v) is 5.54. The van der Waals surface area contributed by atoms with Crippen LogP contribution < -0.4 is 4.72 Å². The van der Waals surface area contributed by atoms with Gasteiger partial charge in [-0.05, 0) is 30.5 Å². The minimum absolute atomic E-state index is 0.257. The largest absolute Gasteiger partial charge is 0.441 e. The first-order chi connectivity index (χ1) is 12.0. The van der Waals surface area contributed by atoms with Crippen molar-refractivity contribution in [3.05, 3.63) is 71.7 Å². The molecule has 0 amide bonds. The third-order valence-electron chi connectivity index (χ3n) is 3.93. The second kappa shape index (κ2) is 7.21. The van der Waals surface area contributed by atoms with Crippen molar-refractivity contribution in [1.82, 2.24) is 9.71 Å². The van der Waals surface area contributed by atoms with Crippen LogP contribution >= 0.6 is 0 Å². The van der Waals surface area contributed by atoms with E-state index in [1.807, 2.05) is 36.4 Å². The molecule has 0 aliphatic heterocycles. The van der Waals surface area contributed by atoms with E-state index in [1.165, 1.54) is 0 Å². The van der Waals surface area contributed by atoms with Gasteiger partial charge in [0.25, 0.3) is 0 Å². The number of aromatic nitrogens is 1. The van der Waals surface area contributed by atoms with Gasteiger partial charge in [0, 0.05) is 19.0 Å². The van der Waals surface area contributed by atoms with Gasteiger partial charge in [-0.3, -0.25) is 0 Å². The molecule has 1 aromatic heterocycles. The lowest BCUT2D eigenvalue weighted by Gasteiger charge is -2.10. The van der Waals surface area contributed by atoms with Crippen LogP contribution in [-0.4, -0.2) is 19.9 Å². The summed E-state index contributed by atoms with van der Waals surface area (Å²) in [7, 11) is -3.60. The topological polar surface area (TPSA) is 72.2 Å². The molecule has 0 radical (unpaired) electrons. The van der Waals surface area contributed by atoms with Gasteiger partial charge in [0.15, 0.2) is 11.7 Å². The number of oxazole rings is 1. The lowest BCUT2D eigenvalue weighted by atomic mass is 10.1. The Labute approximate surface area is 147 Å². The molecule has 0 saturated heterocycles. The molecule has 1 N–H and O–H groups in total. The van der Waals surface area contributed by atoms with Crippen LogP contribution in [0, 0.1) is 13.8 Å². The number of hydrogen-bond acceptors (Lipinski definition) is 4. The van der Waals surface area contributed by atoms with E-state index in [0.29, 0.717) is 35.7 Å². The van der Waals surface area contributed by atoms with Crippen LogP contribution in [0.1, 0.15) is 17.0 Å². The quantitative estimate of drug-likeness (QED) is 0.734. The highest BCUT2D eigenvalue weighted by Gasteiger charge is 2.18. The van der Waals surface area contributed by atoms with Gasteiger partial charge >= 0.3 is 0 Å². The number of nitrogens with zero attached hydrogens (tertiary/aromatic N) is 1. The summed E-state index contributed by atoms with van der Waals surface area (Å²) in [5.41, 5.74) is 2.47. The molecule has 6 heteroatoms. The van der Waals surface area contributed by atoms with E-state index in [2.05, 4.69) is 9.71 Å². The van der Waals surface area contributed by atoms with Crippen LogP contribution in [0.3, 0.4) is 0 Å². The highest BCUT2D eigenvalue weighted by atomic mass is 32.2. The summed E-state index contributed by atoms with van der Waals surface area (Å²) in [6.07, 6.45) is 2.24. The van der Waals surface area contributed by atoms with Crippen LogP contribution in [0.25, 0.3) is 11.3 Å². The molecule has 0 unspecified atom stereocenters. The van der Waals surface area contributed by atoms with E-state index in [1.54, 1.807) is 32.2 Å². The second-order valence-electron chi connectivity index (χ2n) is 5.86. The maximum absolute atomic E-state index is 12.7. The van der Waals surface area contributed by atoms with Crippen molar-refractivity contribution in [3.8, 4) is 11.3 Å². The zero-order chi connectivity index (χ0) is 17.9. The summed E-state index contributed by atoms with van der Waals surface area (Å²) < 4.78 is 33.5. The van der Waals surface area contributed by atoms with E-state index in [9.17, 15) is 8.42 Å². The van der Waals surface area contributed by atoms with Gasteiger partial charge in [-0.15, -0.1) is 0 Å². The van der Waals surface area contributed by atoms with Gasteiger partial charge < -0.3 is 4.42 Å². The molecule has 0 fully saturated rings. The van der Waals surface area contributed by atoms with E-state index in [0.717, 1.165) is 5.56 Å². The third kappa shape index (κ3) is 4.15. The molecule has 0 atom stereocenters. The normalized spacial score (nSPS) is 11.6. The van der Waals surface area contributed by atoms with Crippen LogP contribution in [0.15, 0.2) is 64.0 Å². The molecule has 0 spiro atoms. The van der Waals surface area contributed by atoms with Crippen molar-refractivity contribution in [2.45, 2.75) is 25.2 Å². The predicted molar refractivity (Wildman–Crippen MR) is 96.7 cm³/mol. The van der Waals surface area contributed by atoms with Crippen molar-refractivity contribution in [2.24, 2.45) is 0 Å². The lowest BCUT2D eigenvalue weighted by molar-refractivity contribution is 0.534. The highest BCUT2D eigenvalue weighted by molar-refractivity contribution is 7.89. The number of rotatable bonds is 6. The van der Waals surface area contributed by atoms with Gasteiger partial charge in [0.2, 0.25) is 10.0 Å². The Morgan fingerprint density at radius 3 is 2.52 bits per heavy atom. The Morgan fingerprint density at radius 1 is 1.08 bits per heavy atom. The van der Waals surface area contributed by atoms with E-state index < -0.39 is 10.0 Å². The molecule has 3 aromatic rings. The fraction of sp³-hybridized carbons (Fsp3) is 0.211. The molecule has 3 rings (SSSR count). The summed E-state index contributed by atoms with van der Waals surface area (Å²) in [6.45, 7) is 3.87. The number of aryl methyl sites for hydroxylation is 2. The second-order valence-corrected chi connectivity index (χ2v) is 7.59. The van der Waals surface area contributed by atoms with Gasteiger partial charge in [0.1, 0.15) is 0 Å². The van der Waals surface area contributed by atoms with Crippen LogP contribution in [-0.2, 0) is 16.4 Å². The molecular weight excluding hydrogens is 336 g/mol. The lowest BCUT2D eigenvalue weighted by Crippen LogP contribution is -2.26.